The minimum Gasteiger partial charge on any atom is -0.496 e. The van der Waals surface area contributed by atoms with E-state index in [0.29, 0.717) is 10.4 Å². The number of rotatable bonds is 5. The van der Waals surface area contributed by atoms with E-state index in [4.69, 9.17) is 16.3 Å². The highest BCUT2D eigenvalue weighted by molar-refractivity contribution is 7.10. The van der Waals surface area contributed by atoms with Gasteiger partial charge in [0.25, 0.3) is 0 Å². The third-order valence-corrected chi connectivity index (χ3v) is 4.99. The molecule has 1 atom stereocenters. The van der Waals surface area contributed by atoms with Gasteiger partial charge in [-0.05, 0) is 37.4 Å². The van der Waals surface area contributed by atoms with E-state index < -0.39 is 0 Å². The van der Waals surface area contributed by atoms with E-state index in [2.05, 4.69) is 26.6 Å². The van der Waals surface area contributed by atoms with Gasteiger partial charge in [-0.25, -0.2) is 0 Å². The van der Waals surface area contributed by atoms with E-state index in [0.717, 1.165) is 31.0 Å². The van der Waals surface area contributed by atoms with Gasteiger partial charge in [-0.3, -0.25) is 4.90 Å². The summed E-state index contributed by atoms with van der Waals surface area (Å²) in [6, 6.07) is 8.76. The van der Waals surface area contributed by atoms with Crippen LogP contribution in [0.5, 0.6) is 5.75 Å². The lowest BCUT2D eigenvalue weighted by Gasteiger charge is -2.24. The van der Waals surface area contributed by atoms with Crippen LogP contribution in [0.4, 0.5) is 0 Å². The molecule has 112 valence electrons. The molecule has 0 saturated carbocycles. The quantitative estimate of drug-likeness (QED) is 0.845. The summed E-state index contributed by atoms with van der Waals surface area (Å²) in [5.41, 5.74) is 2.16. The highest BCUT2D eigenvalue weighted by Crippen LogP contribution is 2.28. The number of benzene rings is 1. The number of halogens is 1. The standard InChI is InChI=1S/C15H18ClN3OS/c1-20-14-7-3-2-5-11(14)9-12-6-4-8-19(12)10-13-15(16)21-18-17-13/h2-3,5,7,12H,4,6,8-10H2,1H3. The van der Waals surface area contributed by atoms with Gasteiger partial charge in [-0.1, -0.05) is 34.3 Å². The van der Waals surface area contributed by atoms with Crippen LogP contribution >= 0.6 is 23.1 Å². The van der Waals surface area contributed by atoms with Crippen molar-refractivity contribution < 1.29 is 4.74 Å². The number of nitrogens with zero attached hydrogens (tertiary/aromatic N) is 3. The molecule has 1 aliphatic rings. The molecule has 0 bridgehead atoms. The molecule has 0 spiro atoms. The van der Waals surface area contributed by atoms with Crippen LogP contribution in [0.3, 0.4) is 0 Å². The minimum atomic E-state index is 0.513. The Morgan fingerprint density at radius 2 is 2.29 bits per heavy atom. The van der Waals surface area contributed by atoms with E-state index >= 15 is 0 Å². The van der Waals surface area contributed by atoms with Crippen molar-refractivity contribution in [2.24, 2.45) is 0 Å². The molecular formula is C15H18ClN3OS. The molecule has 6 heteroatoms. The molecule has 1 aromatic carbocycles. The van der Waals surface area contributed by atoms with Crippen LogP contribution in [0.15, 0.2) is 24.3 Å². The van der Waals surface area contributed by atoms with E-state index in [9.17, 15) is 0 Å². The zero-order valence-electron chi connectivity index (χ0n) is 12.0. The zero-order valence-corrected chi connectivity index (χ0v) is 13.5. The number of methoxy groups -OCH3 is 1. The topological polar surface area (TPSA) is 38.2 Å². The summed E-state index contributed by atoms with van der Waals surface area (Å²) in [6.45, 7) is 1.88. The molecule has 1 fully saturated rings. The zero-order chi connectivity index (χ0) is 14.7. The van der Waals surface area contributed by atoms with Gasteiger partial charge in [-0.2, -0.15) is 0 Å². The second kappa shape index (κ2) is 6.73. The largest absolute Gasteiger partial charge is 0.496 e. The molecule has 2 aromatic rings. The lowest BCUT2D eigenvalue weighted by atomic mass is 10.0. The number of aromatic nitrogens is 2. The summed E-state index contributed by atoms with van der Waals surface area (Å²) in [6.07, 6.45) is 3.42. The predicted molar refractivity (Wildman–Crippen MR) is 85.0 cm³/mol. The van der Waals surface area contributed by atoms with Gasteiger partial charge in [0.2, 0.25) is 0 Å². The van der Waals surface area contributed by atoms with Crippen LogP contribution < -0.4 is 4.74 Å². The molecule has 3 rings (SSSR count). The maximum absolute atomic E-state index is 6.12. The van der Waals surface area contributed by atoms with E-state index in [1.54, 1.807) is 7.11 Å². The van der Waals surface area contributed by atoms with Crippen LogP contribution in [0.1, 0.15) is 24.1 Å². The van der Waals surface area contributed by atoms with Gasteiger partial charge < -0.3 is 4.74 Å². The summed E-state index contributed by atoms with van der Waals surface area (Å²) in [5, 5.41) is 4.12. The fourth-order valence-electron chi connectivity index (χ4n) is 2.94. The first kappa shape index (κ1) is 14.8. The Bertz CT molecular complexity index is 604. The normalized spacial score (nSPS) is 19.0. The smallest absolute Gasteiger partial charge is 0.138 e. The van der Waals surface area contributed by atoms with Crippen LogP contribution in [0.25, 0.3) is 0 Å². The number of para-hydroxylation sites is 1. The van der Waals surface area contributed by atoms with Crippen LogP contribution in [-0.2, 0) is 13.0 Å². The predicted octanol–water partition coefficient (Wildman–Crippen LogP) is 3.41. The van der Waals surface area contributed by atoms with Crippen molar-refractivity contribution in [2.75, 3.05) is 13.7 Å². The molecule has 1 saturated heterocycles. The first-order valence-corrected chi connectivity index (χ1v) is 8.25. The fraction of sp³-hybridized carbons (Fsp3) is 0.467. The highest BCUT2D eigenvalue weighted by atomic mass is 35.5. The van der Waals surface area contributed by atoms with E-state index in [1.807, 2.05) is 12.1 Å². The van der Waals surface area contributed by atoms with Gasteiger partial charge in [0.1, 0.15) is 15.8 Å². The average Bonchev–Trinajstić information content (AvgIpc) is 3.10. The Labute approximate surface area is 133 Å². The Balaban J connectivity index is 1.71. The van der Waals surface area contributed by atoms with Crippen LogP contribution in [-0.4, -0.2) is 34.2 Å². The molecule has 0 N–H and O–H groups in total. The molecule has 1 aromatic heterocycles. The summed E-state index contributed by atoms with van der Waals surface area (Å²) >= 11 is 7.38. The minimum absolute atomic E-state index is 0.513. The second-order valence-electron chi connectivity index (χ2n) is 5.28. The number of hydrogen-bond acceptors (Lipinski definition) is 5. The maximum Gasteiger partial charge on any atom is 0.138 e. The summed E-state index contributed by atoms with van der Waals surface area (Å²) in [7, 11) is 1.73. The molecule has 1 unspecified atom stereocenters. The van der Waals surface area contributed by atoms with Gasteiger partial charge >= 0.3 is 0 Å². The molecule has 4 nitrogen and oxygen atoms in total. The van der Waals surface area contributed by atoms with Gasteiger partial charge in [0.05, 0.1) is 7.11 Å². The van der Waals surface area contributed by atoms with Crippen molar-refractivity contribution in [3.63, 3.8) is 0 Å². The van der Waals surface area contributed by atoms with Crippen LogP contribution in [0.2, 0.25) is 4.34 Å². The number of ether oxygens (including phenoxy) is 1. The first-order valence-electron chi connectivity index (χ1n) is 7.10. The first-order chi connectivity index (χ1) is 10.3. The van der Waals surface area contributed by atoms with Crippen molar-refractivity contribution >= 4 is 23.1 Å². The molecule has 0 aliphatic carbocycles. The van der Waals surface area contributed by atoms with Gasteiger partial charge in [0.15, 0.2) is 0 Å². The van der Waals surface area contributed by atoms with Crippen molar-refractivity contribution in [1.82, 2.24) is 14.5 Å². The van der Waals surface area contributed by atoms with Crippen LogP contribution in [0, 0.1) is 0 Å². The SMILES string of the molecule is COc1ccccc1CC1CCCN1Cc1nnsc1Cl. The lowest BCUT2D eigenvalue weighted by Crippen LogP contribution is -2.31. The molecular weight excluding hydrogens is 306 g/mol. The van der Waals surface area contributed by atoms with Crippen molar-refractivity contribution in [3.05, 3.63) is 39.9 Å². The lowest BCUT2D eigenvalue weighted by molar-refractivity contribution is 0.239. The Kier molecular flexibility index (Phi) is 4.73. The highest BCUT2D eigenvalue weighted by Gasteiger charge is 2.26. The van der Waals surface area contributed by atoms with Crippen molar-refractivity contribution in [1.29, 1.82) is 0 Å². The molecule has 0 amide bonds. The Morgan fingerprint density at radius 3 is 3.05 bits per heavy atom. The summed E-state index contributed by atoms with van der Waals surface area (Å²) < 4.78 is 10.1. The Hall–Kier alpha value is -1.17. The monoisotopic (exact) mass is 323 g/mol. The third kappa shape index (κ3) is 3.36. The fourth-order valence-corrected chi connectivity index (χ4v) is 3.56. The number of hydrogen-bond donors (Lipinski definition) is 0. The molecule has 1 aliphatic heterocycles. The van der Waals surface area contributed by atoms with Crippen molar-refractivity contribution in [3.8, 4) is 5.75 Å². The summed E-state index contributed by atoms with van der Waals surface area (Å²) in [5.74, 6) is 0.970. The van der Waals surface area contributed by atoms with E-state index in [-0.39, 0.29) is 0 Å². The molecule has 21 heavy (non-hydrogen) atoms. The van der Waals surface area contributed by atoms with Gasteiger partial charge in [-0.15, -0.1) is 5.10 Å². The summed E-state index contributed by atoms with van der Waals surface area (Å²) in [4.78, 5) is 2.45. The molecule has 0 radical (unpaired) electrons. The third-order valence-electron chi connectivity index (χ3n) is 4.01. The Morgan fingerprint density at radius 1 is 1.43 bits per heavy atom. The average molecular weight is 324 g/mol. The molecule has 2 heterocycles. The number of likely N-dealkylation sites (tertiary alicyclic amines) is 1. The second-order valence-corrected chi connectivity index (χ2v) is 6.63. The maximum atomic E-state index is 6.12. The van der Waals surface area contributed by atoms with E-state index in [1.165, 1.54) is 29.9 Å². The van der Waals surface area contributed by atoms with Gasteiger partial charge in [0, 0.05) is 24.1 Å². The van der Waals surface area contributed by atoms with Crippen molar-refractivity contribution in [2.45, 2.75) is 31.8 Å².